The Kier molecular flexibility index (Phi) is 6.20. The number of nitrogens with one attached hydrogen (secondary N) is 1. The Morgan fingerprint density at radius 2 is 1.82 bits per heavy atom. The lowest BCUT2D eigenvalue weighted by Crippen LogP contribution is -2.42. The van der Waals surface area contributed by atoms with Crippen LogP contribution in [0, 0.1) is 0 Å². The van der Waals surface area contributed by atoms with Gasteiger partial charge in [0.2, 0.25) is 5.95 Å². The minimum absolute atomic E-state index is 0.0613. The van der Waals surface area contributed by atoms with Gasteiger partial charge >= 0.3 is 0 Å². The van der Waals surface area contributed by atoms with Crippen LogP contribution in [-0.4, -0.2) is 77.1 Å². The highest BCUT2D eigenvalue weighted by Crippen LogP contribution is 2.46. The van der Waals surface area contributed by atoms with Crippen molar-refractivity contribution < 1.29 is 29.9 Å². The van der Waals surface area contributed by atoms with Gasteiger partial charge in [0.05, 0.1) is 19.0 Å². The highest BCUT2D eigenvalue weighted by molar-refractivity contribution is 6.10. The number of nitrogen functional groups attached to an aromatic ring is 1. The van der Waals surface area contributed by atoms with E-state index < -0.39 is 48.4 Å². The van der Waals surface area contributed by atoms with Crippen molar-refractivity contribution in [3.05, 3.63) is 94.1 Å². The zero-order valence-electron chi connectivity index (χ0n) is 23.2. The summed E-state index contributed by atoms with van der Waals surface area (Å²) in [4.78, 5) is 22.8. The van der Waals surface area contributed by atoms with E-state index in [1.807, 2.05) is 48.5 Å². The SMILES string of the molecule is Nc1nc2c(ncn2[C@H]2C[C@H](O)[C@@H](CO[C@@H]3C=CC4=C([C@H]3O)[C@H](O)[C@H](O)c3c4ccc4c3ccc3ccccc34)O2)c(=O)[nH]1. The quantitative estimate of drug-likeness (QED) is 0.167. The molecule has 0 unspecified atom stereocenters. The maximum Gasteiger partial charge on any atom is 0.280 e. The van der Waals surface area contributed by atoms with Gasteiger partial charge in [0.25, 0.3) is 5.56 Å². The molecule has 12 heteroatoms. The minimum Gasteiger partial charge on any atom is -0.390 e. The lowest BCUT2D eigenvalue weighted by molar-refractivity contribution is -0.0901. The smallest absolute Gasteiger partial charge is 0.280 e. The predicted octanol–water partition coefficient (Wildman–Crippen LogP) is 1.83. The number of nitrogens with two attached hydrogens (primary N) is 1. The Labute approximate surface area is 249 Å². The Morgan fingerprint density at radius 1 is 1.00 bits per heavy atom. The lowest BCUT2D eigenvalue weighted by atomic mass is 9.74. The number of fused-ring (bicyclic) bond motifs is 7. The van der Waals surface area contributed by atoms with Crippen LogP contribution < -0.4 is 11.3 Å². The molecule has 1 saturated heterocycles. The molecule has 0 spiro atoms. The van der Waals surface area contributed by atoms with Crippen molar-refractivity contribution in [3.8, 4) is 0 Å². The standard InChI is InChI=1S/C32H29N5O7/c33-32-35-30-26(31(42)36-32)34-13-37(30)23-11-20(38)22(44-23)12-43-21-10-9-19-18-8-7-16-15-4-2-1-3-14(15)5-6-17(16)24(18)28(40)29(41)25(19)27(21)39/h1-10,13,20-23,27-29,38-41H,11-12H2,(H3,33,35,36,42)/t20-,21+,22+,23+,27-,28+,29-/m0/s1. The van der Waals surface area contributed by atoms with Gasteiger partial charge in [0.15, 0.2) is 11.2 Å². The van der Waals surface area contributed by atoms with Crippen LogP contribution in [0.25, 0.3) is 38.3 Å². The van der Waals surface area contributed by atoms with Crippen LogP contribution >= 0.6 is 0 Å². The second-order valence-corrected chi connectivity index (χ2v) is 11.5. The van der Waals surface area contributed by atoms with Crippen molar-refractivity contribution >= 4 is 44.2 Å². The number of aromatic nitrogens is 4. The number of hydrogen-bond donors (Lipinski definition) is 6. The fraction of sp³-hybridized carbons (Fsp3) is 0.281. The van der Waals surface area contributed by atoms with E-state index >= 15 is 0 Å². The number of aliphatic hydroxyl groups excluding tert-OH is 4. The fourth-order valence-corrected chi connectivity index (χ4v) is 6.84. The minimum atomic E-state index is -1.35. The van der Waals surface area contributed by atoms with Gasteiger partial charge in [0, 0.05) is 12.0 Å². The van der Waals surface area contributed by atoms with E-state index in [1.54, 1.807) is 16.7 Å². The van der Waals surface area contributed by atoms with E-state index in [-0.39, 0.29) is 35.7 Å². The fourth-order valence-electron chi connectivity index (χ4n) is 6.84. The molecule has 44 heavy (non-hydrogen) atoms. The first-order valence-corrected chi connectivity index (χ1v) is 14.4. The van der Waals surface area contributed by atoms with Crippen molar-refractivity contribution in [1.82, 2.24) is 19.5 Å². The van der Waals surface area contributed by atoms with E-state index in [0.29, 0.717) is 11.1 Å². The van der Waals surface area contributed by atoms with Gasteiger partial charge in [-0.15, -0.1) is 0 Å². The molecule has 1 fully saturated rings. The zero-order valence-corrected chi connectivity index (χ0v) is 23.2. The van der Waals surface area contributed by atoms with Crippen LogP contribution in [0.4, 0.5) is 5.95 Å². The van der Waals surface area contributed by atoms with Gasteiger partial charge in [-0.1, -0.05) is 60.7 Å². The molecule has 8 rings (SSSR count). The number of benzene rings is 3. The van der Waals surface area contributed by atoms with Gasteiger partial charge < -0.3 is 35.6 Å². The molecule has 3 heterocycles. The first kappa shape index (κ1) is 27.1. The highest BCUT2D eigenvalue weighted by atomic mass is 16.6. The average Bonchev–Trinajstić information content (AvgIpc) is 3.61. The lowest BCUT2D eigenvalue weighted by Gasteiger charge is -2.38. The number of hydrogen-bond acceptors (Lipinski definition) is 10. The van der Waals surface area contributed by atoms with Crippen molar-refractivity contribution in [3.63, 3.8) is 0 Å². The average molecular weight is 596 g/mol. The Morgan fingerprint density at radius 3 is 2.68 bits per heavy atom. The van der Waals surface area contributed by atoms with Crippen LogP contribution in [0.15, 0.2) is 77.4 Å². The van der Waals surface area contributed by atoms with Crippen molar-refractivity contribution in [2.24, 2.45) is 0 Å². The number of rotatable bonds is 4. The third-order valence-electron chi connectivity index (χ3n) is 8.98. The summed E-state index contributed by atoms with van der Waals surface area (Å²) >= 11 is 0. The summed E-state index contributed by atoms with van der Waals surface area (Å²) in [6, 6.07) is 15.9. The summed E-state index contributed by atoms with van der Waals surface area (Å²) in [6.45, 7) is -0.0674. The zero-order chi connectivity index (χ0) is 30.3. The number of anilines is 1. The van der Waals surface area contributed by atoms with Crippen LogP contribution in [0.5, 0.6) is 0 Å². The molecule has 224 valence electrons. The van der Waals surface area contributed by atoms with Crippen LogP contribution in [0.3, 0.4) is 0 Å². The van der Waals surface area contributed by atoms with Crippen LogP contribution in [-0.2, 0) is 9.47 Å². The van der Waals surface area contributed by atoms with Gasteiger partial charge in [-0.3, -0.25) is 14.3 Å². The Hall–Kier alpha value is -4.43. The number of aliphatic hydroxyl groups is 4. The Balaban J connectivity index is 1.04. The molecule has 0 amide bonds. The molecule has 0 radical (unpaired) electrons. The number of ether oxygens (including phenoxy) is 2. The maximum atomic E-state index is 12.2. The van der Waals surface area contributed by atoms with Gasteiger partial charge in [-0.2, -0.15) is 4.98 Å². The maximum absolute atomic E-state index is 12.2. The van der Waals surface area contributed by atoms with E-state index in [9.17, 15) is 25.2 Å². The van der Waals surface area contributed by atoms with Crippen LogP contribution in [0.2, 0.25) is 0 Å². The summed E-state index contributed by atoms with van der Waals surface area (Å²) in [6.07, 6.45) is -1.92. The largest absolute Gasteiger partial charge is 0.390 e. The van der Waals surface area contributed by atoms with Gasteiger partial charge in [-0.05, 0) is 38.2 Å². The molecule has 5 aromatic rings. The molecule has 12 nitrogen and oxygen atoms in total. The van der Waals surface area contributed by atoms with Gasteiger partial charge in [0.1, 0.15) is 36.7 Å². The molecule has 0 saturated carbocycles. The number of imidazole rings is 1. The third-order valence-corrected chi connectivity index (χ3v) is 8.98. The van der Waals surface area contributed by atoms with E-state index in [4.69, 9.17) is 15.2 Å². The first-order chi connectivity index (χ1) is 21.3. The summed E-state index contributed by atoms with van der Waals surface area (Å²) in [5, 5.41) is 48.7. The molecule has 3 aliphatic rings. The Bertz CT molecular complexity index is 2080. The first-order valence-electron chi connectivity index (χ1n) is 14.4. The third kappa shape index (κ3) is 4.04. The normalized spacial score (nSPS) is 28.2. The number of H-pyrrole nitrogens is 1. The number of nitrogens with zero attached hydrogens (tertiary/aromatic N) is 3. The molecular weight excluding hydrogens is 566 g/mol. The molecule has 2 aromatic heterocycles. The second kappa shape index (κ2) is 10.1. The molecular formula is C32H29N5O7. The number of aromatic amines is 1. The van der Waals surface area contributed by atoms with Crippen molar-refractivity contribution in [1.29, 1.82) is 0 Å². The summed E-state index contributed by atoms with van der Waals surface area (Å²) < 4.78 is 13.6. The monoisotopic (exact) mass is 595 g/mol. The van der Waals surface area contributed by atoms with E-state index in [1.165, 1.54) is 6.33 Å². The summed E-state index contributed by atoms with van der Waals surface area (Å²) in [5.74, 6) is -0.0613. The topological polar surface area (TPSA) is 189 Å². The summed E-state index contributed by atoms with van der Waals surface area (Å²) in [7, 11) is 0. The molecule has 0 bridgehead atoms. The molecule has 7 atom stereocenters. The molecule has 3 aromatic carbocycles. The molecule has 1 aliphatic heterocycles. The van der Waals surface area contributed by atoms with Crippen molar-refractivity contribution in [2.45, 2.75) is 49.3 Å². The van der Waals surface area contributed by atoms with E-state index in [2.05, 4.69) is 15.0 Å². The predicted molar refractivity (Wildman–Crippen MR) is 161 cm³/mol. The van der Waals surface area contributed by atoms with E-state index in [0.717, 1.165) is 27.1 Å². The second-order valence-electron chi connectivity index (χ2n) is 11.5. The molecule has 7 N–H and O–H groups in total. The van der Waals surface area contributed by atoms with Crippen molar-refractivity contribution in [2.75, 3.05) is 12.3 Å². The van der Waals surface area contributed by atoms with Crippen LogP contribution in [0.1, 0.15) is 29.9 Å². The number of allylic oxidation sites excluding steroid dienone is 2. The summed E-state index contributed by atoms with van der Waals surface area (Å²) in [5.41, 5.74) is 7.85. The molecule has 2 aliphatic carbocycles. The highest BCUT2D eigenvalue weighted by Gasteiger charge is 2.42. The van der Waals surface area contributed by atoms with Gasteiger partial charge in [-0.25, -0.2) is 4.98 Å².